The van der Waals surface area contributed by atoms with Crippen molar-refractivity contribution in [2.45, 2.75) is 37.5 Å². The van der Waals surface area contributed by atoms with Gasteiger partial charge in [-0.3, -0.25) is 5.41 Å². The molecule has 0 aliphatic carbocycles. The highest BCUT2D eigenvalue weighted by Gasteiger charge is 2.14. The first-order valence-electron chi connectivity index (χ1n) is 7.22. The second-order valence-electron chi connectivity index (χ2n) is 4.93. The Labute approximate surface area is 126 Å². The molecule has 0 unspecified atom stereocenters. The fourth-order valence-electron chi connectivity index (χ4n) is 1.86. The molecule has 0 fully saturated rings. The quantitative estimate of drug-likeness (QED) is 0.394. The zero-order valence-corrected chi connectivity index (χ0v) is 13.3. The number of benzene rings is 1. The molecule has 0 aliphatic rings. The second-order valence-corrected chi connectivity index (χ2v) is 7.04. The number of hydrogen-bond acceptors (Lipinski definition) is 4. The van der Waals surface area contributed by atoms with Crippen LogP contribution in [0.3, 0.4) is 0 Å². The third kappa shape index (κ3) is 6.27. The van der Waals surface area contributed by atoms with Gasteiger partial charge in [-0.05, 0) is 18.6 Å². The summed E-state index contributed by atoms with van der Waals surface area (Å²) in [6.45, 7) is 2.96. The van der Waals surface area contributed by atoms with Crippen LogP contribution in [0.5, 0.6) is 0 Å². The monoisotopic (exact) mass is 312 g/mol. The molecule has 3 N–H and O–H groups in total. The molecular weight excluding hydrogens is 288 g/mol. The lowest BCUT2D eigenvalue weighted by Gasteiger charge is -2.07. The topological polar surface area (TPSA) is 93.2 Å². The summed E-state index contributed by atoms with van der Waals surface area (Å²) in [6, 6.07) is 6.04. The number of sulfone groups is 1. The van der Waals surface area contributed by atoms with Crippen molar-refractivity contribution in [2.24, 2.45) is 5.73 Å². The van der Waals surface area contributed by atoms with E-state index in [0.717, 1.165) is 12.8 Å². The normalized spacial score (nSPS) is 11.5. The molecule has 0 amide bonds. The van der Waals surface area contributed by atoms with E-state index in [-0.39, 0.29) is 23.1 Å². The molecule has 0 radical (unpaired) electrons. The lowest BCUT2D eigenvalue weighted by molar-refractivity contribution is 0.144. The molecule has 1 aromatic rings. The number of amidine groups is 1. The van der Waals surface area contributed by atoms with Crippen molar-refractivity contribution < 1.29 is 13.2 Å². The molecule has 0 bridgehead atoms. The average Bonchev–Trinajstić information content (AvgIpc) is 2.46. The maximum atomic E-state index is 12.1. The Morgan fingerprint density at radius 2 is 1.81 bits per heavy atom. The summed E-state index contributed by atoms with van der Waals surface area (Å²) in [6.07, 6.45) is 4.45. The lowest BCUT2D eigenvalue weighted by Crippen LogP contribution is -2.14. The smallest absolute Gasteiger partial charge is 0.180 e. The van der Waals surface area contributed by atoms with Crippen LogP contribution in [0.2, 0.25) is 0 Å². The van der Waals surface area contributed by atoms with E-state index in [2.05, 4.69) is 6.92 Å². The van der Waals surface area contributed by atoms with Gasteiger partial charge in [0.1, 0.15) is 5.84 Å². The fraction of sp³-hybridized carbons (Fsp3) is 0.533. The molecule has 0 atom stereocenters. The summed E-state index contributed by atoms with van der Waals surface area (Å²) in [5.41, 5.74) is 5.85. The van der Waals surface area contributed by atoms with Gasteiger partial charge in [-0.2, -0.15) is 0 Å². The molecular formula is C15H24N2O3S. The summed E-state index contributed by atoms with van der Waals surface area (Å²) in [4.78, 5) is 0.238. The van der Waals surface area contributed by atoms with E-state index < -0.39 is 9.84 Å². The Morgan fingerprint density at radius 1 is 1.14 bits per heavy atom. The number of hydrogen-bond donors (Lipinski definition) is 2. The minimum Gasteiger partial charge on any atom is -0.384 e. The second kappa shape index (κ2) is 8.79. The van der Waals surface area contributed by atoms with Crippen molar-refractivity contribution in [2.75, 3.05) is 19.0 Å². The van der Waals surface area contributed by atoms with Crippen molar-refractivity contribution in [3.8, 4) is 0 Å². The molecule has 0 aliphatic heterocycles. The third-order valence-electron chi connectivity index (χ3n) is 3.16. The summed E-state index contributed by atoms with van der Waals surface area (Å²) in [5.74, 6) is -0.102. The largest absolute Gasteiger partial charge is 0.384 e. The van der Waals surface area contributed by atoms with E-state index in [1.54, 1.807) is 12.1 Å². The van der Waals surface area contributed by atoms with Gasteiger partial charge in [-0.25, -0.2) is 8.42 Å². The molecule has 118 valence electrons. The van der Waals surface area contributed by atoms with Gasteiger partial charge in [0, 0.05) is 12.2 Å². The van der Waals surface area contributed by atoms with Crippen LogP contribution in [-0.2, 0) is 14.6 Å². The predicted octanol–water partition coefficient (Wildman–Crippen LogP) is 2.34. The van der Waals surface area contributed by atoms with Gasteiger partial charge in [0.2, 0.25) is 0 Å². The van der Waals surface area contributed by atoms with Crippen LogP contribution in [0.15, 0.2) is 29.2 Å². The van der Waals surface area contributed by atoms with E-state index in [9.17, 15) is 8.42 Å². The highest BCUT2D eigenvalue weighted by molar-refractivity contribution is 7.91. The van der Waals surface area contributed by atoms with Gasteiger partial charge >= 0.3 is 0 Å². The van der Waals surface area contributed by atoms with Crippen molar-refractivity contribution in [1.29, 1.82) is 5.41 Å². The molecule has 1 aromatic carbocycles. The molecule has 21 heavy (non-hydrogen) atoms. The molecule has 6 heteroatoms. The predicted molar refractivity (Wildman–Crippen MR) is 84.5 cm³/mol. The molecule has 0 aromatic heterocycles. The number of rotatable bonds is 10. The van der Waals surface area contributed by atoms with Gasteiger partial charge in [0.05, 0.1) is 17.3 Å². The van der Waals surface area contributed by atoms with Crippen LogP contribution in [0, 0.1) is 5.41 Å². The number of nitrogens with two attached hydrogens (primary N) is 1. The van der Waals surface area contributed by atoms with Gasteiger partial charge in [-0.1, -0.05) is 38.3 Å². The van der Waals surface area contributed by atoms with Crippen LogP contribution >= 0.6 is 0 Å². The average molecular weight is 312 g/mol. The Balaban J connectivity index is 2.41. The standard InChI is InChI=1S/C15H24N2O3S/c1-2-3-4-5-10-20-11-12-21(18,19)14-8-6-13(7-9-14)15(16)17/h6-9H,2-5,10-12H2,1H3,(H3,16,17). The van der Waals surface area contributed by atoms with Crippen molar-refractivity contribution >= 4 is 15.7 Å². The first kappa shape index (κ1) is 17.7. The van der Waals surface area contributed by atoms with E-state index in [1.807, 2.05) is 0 Å². The highest BCUT2D eigenvalue weighted by Crippen LogP contribution is 2.12. The summed E-state index contributed by atoms with van der Waals surface area (Å²) >= 11 is 0. The van der Waals surface area contributed by atoms with E-state index in [4.69, 9.17) is 15.9 Å². The minimum atomic E-state index is -3.34. The zero-order valence-electron chi connectivity index (χ0n) is 12.5. The van der Waals surface area contributed by atoms with Crippen LogP contribution in [-0.4, -0.2) is 33.2 Å². The first-order chi connectivity index (χ1) is 9.97. The molecule has 0 spiro atoms. The zero-order chi connectivity index (χ0) is 15.7. The maximum Gasteiger partial charge on any atom is 0.180 e. The maximum absolute atomic E-state index is 12.1. The molecule has 1 rings (SSSR count). The number of ether oxygens (including phenoxy) is 1. The SMILES string of the molecule is CCCCCCOCCS(=O)(=O)c1ccc(C(=N)N)cc1. The van der Waals surface area contributed by atoms with Crippen LogP contribution in [0.25, 0.3) is 0 Å². The Bertz CT molecular complexity index is 539. The molecule has 5 nitrogen and oxygen atoms in total. The van der Waals surface area contributed by atoms with Crippen LogP contribution < -0.4 is 5.73 Å². The lowest BCUT2D eigenvalue weighted by atomic mass is 10.2. The Hall–Kier alpha value is -1.40. The van der Waals surface area contributed by atoms with Crippen molar-refractivity contribution in [3.05, 3.63) is 29.8 Å². The van der Waals surface area contributed by atoms with E-state index in [1.165, 1.54) is 25.0 Å². The van der Waals surface area contributed by atoms with Crippen molar-refractivity contribution in [1.82, 2.24) is 0 Å². The first-order valence-corrected chi connectivity index (χ1v) is 8.87. The molecule has 0 saturated heterocycles. The Kier molecular flexibility index (Phi) is 7.39. The Morgan fingerprint density at radius 3 is 2.38 bits per heavy atom. The minimum absolute atomic E-state index is 0.0276. The summed E-state index contributed by atoms with van der Waals surface area (Å²) in [5, 5.41) is 7.28. The third-order valence-corrected chi connectivity index (χ3v) is 4.86. The number of nitrogen functional groups attached to an aromatic ring is 1. The van der Waals surface area contributed by atoms with Gasteiger partial charge in [0.15, 0.2) is 9.84 Å². The van der Waals surface area contributed by atoms with E-state index >= 15 is 0 Å². The van der Waals surface area contributed by atoms with Crippen LogP contribution in [0.4, 0.5) is 0 Å². The molecule has 0 saturated carbocycles. The molecule has 0 heterocycles. The highest BCUT2D eigenvalue weighted by atomic mass is 32.2. The van der Waals surface area contributed by atoms with Gasteiger partial charge < -0.3 is 10.5 Å². The summed E-state index contributed by atoms with van der Waals surface area (Å²) in [7, 11) is -3.34. The van der Waals surface area contributed by atoms with Crippen LogP contribution in [0.1, 0.15) is 38.2 Å². The van der Waals surface area contributed by atoms with E-state index in [0.29, 0.717) is 12.2 Å². The number of nitrogens with one attached hydrogen (secondary N) is 1. The van der Waals surface area contributed by atoms with Gasteiger partial charge in [-0.15, -0.1) is 0 Å². The van der Waals surface area contributed by atoms with Crippen molar-refractivity contribution in [3.63, 3.8) is 0 Å². The van der Waals surface area contributed by atoms with Gasteiger partial charge in [0.25, 0.3) is 0 Å². The fourth-order valence-corrected chi connectivity index (χ4v) is 2.99. The number of unbranched alkanes of at least 4 members (excludes halogenated alkanes) is 3. The summed E-state index contributed by atoms with van der Waals surface area (Å²) < 4.78 is 29.5.